The minimum absolute atomic E-state index is 0.00998. The molecule has 23 nitrogen and oxygen atoms in total. The van der Waals surface area contributed by atoms with Gasteiger partial charge in [0.1, 0.15) is 67.8 Å². The summed E-state index contributed by atoms with van der Waals surface area (Å²) in [7, 11) is -6.89. The molecule has 0 spiro atoms. The van der Waals surface area contributed by atoms with Crippen LogP contribution in [-0.2, 0) is 30.4 Å². The summed E-state index contributed by atoms with van der Waals surface area (Å²) in [5, 5.41) is 41.2. The van der Waals surface area contributed by atoms with Gasteiger partial charge in [0.2, 0.25) is 0 Å². The van der Waals surface area contributed by atoms with Gasteiger partial charge in [0.05, 0.1) is 58.5 Å². The molecule has 0 aliphatic carbocycles. The zero-order valence-electron chi connectivity index (χ0n) is 38.5. The van der Waals surface area contributed by atoms with Gasteiger partial charge in [-0.1, -0.05) is 6.07 Å². The van der Waals surface area contributed by atoms with E-state index in [1.807, 2.05) is 0 Å². The molecule has 0 aliphatic rings. The minimum atomic E-state index is -4.96. The van der Waals surface area contributed by atoms with Crippen LogP contribution in [0.5, 0.6) is 40.2 Å². The number of benzene rings is 7. The highest BCUT2D eigenvalue weighted by atomic mass is 32.2. The Morgan fingerprint density at radius 1 is 0.500 bits per heavy atom. The smallest absolute Gasteiger partial charge is 0.296 e. The maximum atomic E-state index is 12.7. The van der Waals surface area contributed by atoms with Gasteiger partial charge in [-0.2, -0.15) is 30.4 Å². The number of hydrogen-bond donors (Lipinski definition) is 5. The molecule has 376 valence electrons. The van der Waals surface area contributed by atoms with Crippen LogP contribution in [0.2, 0.25) is 0 Å². The second-order valence-electron chi connectivity index (χ2n) is 15.1. The molecule has 0 bridgehead atoms. The Hall–Kier alpha value is -8.01. The van der Waals surface area contributed by atoms with Gasteiger partial charge in [-0.25, -0.2) is 0 Å². The first-order chi connectivity index (χ1) is 34.2. The lowest BCUT2D eigenvalue weighted by molar-refractivity contribution is 0.319. The summed E-state index contributed by atoms with van der Waals surface area (Å²) in [6.07, 6.45) is -0.118. The van der Waals surface area contributed by atoms with Crippen LogP contribution in [0.25, 0.3) is 21.5 Å². The van der Waals surface area contributed by atoms with E-state index in [1.54, 1.807) is 49.6 Å². The molecule has 0 amide bonds. The Balaban J connectivity index is 1.16. The van der Waals surface area contributed by atoms with Crippen molar-refractivity contribution in [3.8, 4) is 40.2 Å². The van der Waals surface area contributed by atoms with E-state index in [-0.39, 0.29) is 81.0 Å². The summed E-state index contributed by atoms with van der Waals surface area (Å²) < 4.78 is 134. The average Bonchev–Trinajstić information content (AvgIpc) is 3.34. The maximum Gasteiger partial charge on any atom is 0.296 e. The van der Waals surface area contributed by atoms with Crippen molar-refractivity contribution >= 4 is 97.4 Å². The fourth-order valence-corrected chi connectivity index (χ4v) is 8.64. The molecule has 0 saturated carbocycles. The number of aromatic hydroxyl groups is 1. The number of methoxy groups -OCH3 is 5. The van der Waals surface area contributed by atoms with Crippen LogP contribution >= 0.6 is 0 Å². The van der Waals surface area contributed by atoms with E-state index in [0.29, 0.717) is 27.9 Å². The van der Waals surface area contributed by atoms with Crippen LogP contribution in [-0.4, -0.2) is 91.9 Å². The van der Waals surface area contributed by atoms with Crippen molar-refractivity contribution in [2.45, 2.75) is 16.2 Å². The van der Waals surface area contributed by atoms with Gasteiger partial charge in [0.25, 0.3) is 30.4 Å². The van der Waals surface area contributed by atoms with E-state index >= 15 is 0 Å². The fraction of sp³-hybridized carbons (Fsp3) is 0.174. The first-order valence-electron chi connectivity index (χ1n) is 20.8. The number of hydrogen-bond acceptors (Lipinski definition) is 20. The standard InChI is InChI=1S/C46H43N7O16S3/c1-64-31-12-9-28(10-13-31)47-29-11-14-33-27(17-29)19-44(72(61,62)63)45(46(33)54)53-52-38-25-42(67-4)37(24-43(38)68-5)51-50-36-23-40(65-2)35(22-41(36)66-3)49-48-30-8-7-26-18-32(71(58,59)60)21-39(34(26)20-30)69-15-6-16-70(55,56)57/h7-14,17-25,47,54H,6,15-16H2,1-5H3,(H,55,56,57)(H,58,59,60)(H,61,62,63). The van der Waals surface area contributed by atoms with E-state index in [0.717, 1.165) is 12.1 Å². The summed E-state index contributed by atoms with van der Waals surface area (Å²) >= 11 is 0. The molecule has 7 aromatic rings. The topological polar surface area (TPSA) is 325 Å². The summed E-state index contributed by atoms with van der Waals surface area (Å²) in [6.45, 7) is -0.219. The lowest BCUT2D eigenvalue weighted by atomic mass is 10.1. The molecule has 0 heterocycles. The highest BCUT2D eigenvalue weighted by Gasteiger charge is 2.23. The van der Waals surface area contributed by atoms with Crippen molar-refractivity contribution < 1.29 is 72.4 Å². The number of azo groups is 3. The average molecular weight is 1050 g/mol. The number of phenols is 1. The van der Waals surface area contributed by atoms with Crippen molar-refractivity contribution in [2.75, 3.05) is 53.2 Å². The van der Waals surface area contributed by atoms with E-state index < -0.39 is 57.3 Å². The Labute approximate surface area is 411 Å². The molecule has 0 saturated heterocycles. The molecule has 72 heavy (non-hydrogen) atoms. The second-order valence-corrected chi connectivity index (χ2v) is 19.5. The van der Waals surface area contributed by atoms with Crippen LogP contribution in [0.1, 0.15) is 6.42 Å². The summed E-state index contributed by atoms with van der Waals surface area (Å²) in [6, 6.07) is 25.6. The number of nitrogens with zero attached hydrogens (tertiary/aromatic N) is 6. The number of phenolic OH excluding ortho intramolecular Hbond substituents is 1. The molecule has 0 radical (unpaired) electrons. The van der Waals surface area contributed by atoms with Gasteiger partial charge < -0.3 is 38.8 Å². The molecule has 26 heteroatoms. The molecule has 0 fully saturated rings. The Morgan fingerprint density at radius 3 is 1.56 bits per heavy atom. The Kier molecular flexibility index (Phi) is 15.5. The molecule has 7 rings (SSSR count). The zero-order chi connectivity index (χ0) is 52.0. The highest BCUT2D eigenvalue weighted by molar-refractivity contribution is 7.86. The van der Waals surface area contributed by atoms with Gasteiger partial charge in [-0.15, -0.1) is 25.6 Å². The van der Waals surface area contributed by atoms with E-state index in [2.05, 4.69) is 36.0 Å². The van der Waals surface area contributed by atoms with Crippen LogP contribution in [0.15, 0.2) is 144 Å². The molecule has 5 N–H and O–H groups in total. The number of anilines is 2. The van der Waals surface area contributed by atoms with Gasteiger partial charge in [0.15, 0.2) is 5.75 Å². The van der Waals surface area contributed by atoms with Crippen LogP contribution in [0, 0.1) is 0 Å². The van der Waals surface area contributed by atoms with Gasteiger partial charge in [-0.05, 0) is 83.9 Å². The molecule has 0 aliphatic heterocycles. The monoisotopic (exact) mass is 1050 g/mol. The van der Waals surface area contributed by atoms with Crippen molar-refractivity contribution in [1.82, 2.24) is 0 Å². The quantitative estimate of drug-likeness (QED) is 0.0269. The molecule has 0 unspecified atom stereocenters. The zero-order valence-corrected chi connectivity index (χ0v) is 41.0. The third kappa shape index (κ3) is 12.3. The molecular weight excluding hydrogens is 1000 g/mol. The van der Waals surface area contributed by atoms with Gasteiger partial charge >= 0.3 is 0 Å². The van der Waals surface area contributed by atoms with Crippen molar-refractivity contribution in [3.63, 3.8) is 0 Å². The van der Waals surface area contributed by atoms with E-state index in [9.17, 15) is 39.5 Å². The number of rotatable bonds is 20. The van der Waals surface area contributed by atoms with Crippen LogP contribution in [0.3, 0.4) is 0 Å². The number of nitrogens with one attached hydrogen (secondary N) is 1. The molecule has 0 aromatic heterocycles. The minimum Gasteiger partial charge on any atom is -0.505 e. The van der Waals surface area contributed by atoms with Gasteiger partial charge in [-0.3, -0.25) is 13.7 Å². The number of fused-ring (bicyclic) bond motifs is 2. The number of ether oxygens (including phenoxy) is 6. The molecule has 7 aromatic carbocycles. The lowest BCUT2D eigenvalue weighted by Crippen LogP contribution is -2.09. The Morgan fingerprint density at radius 2 is 1.04 bits per heavy atom. The van der Waals surface area contributed by atoms with E-state index in [4.69, 9.17) is 33.0 Å². The fourth-order valence-electron chi connectivity index (χ4n) is 6.97. The predicted molar refractivity (Wildman–Crippen MR) is 264 cm³/mol. The van der Waals surface area contributed by atoms with Crippen molar-refractivity contribution in [1.29, 1.82) is 0 Å². The van der Waals surface area contributed by atoms with Crippen LogP contribution < -0.4 is 33.7 Å². The third-order valence-corrected chi connectivity index (χ3v) is 12.9. The van der Waals surface area contributed by atoms with Crippen LogP contribution in [0.4, 0.5) is 45.5 Å². The Bertz CT molecular complexity index is 3650. The van der Waals surface area contributed by atoms with Crippen molar-refractivity contribution in [2.24, 2.45) is 30.7 Å². The molecule has 0 atom stereocenters. The normalized spacial score (nSPS) is 12.3. The van der Waals surface area contributed by atoms with Crippen molar-refractivity contribution in [3.05, 3.63) is 103 Å². The highest BCUT2D eigenvalue weighted by Crippen LogP contribution is 2.46. The second kappa shape index (κ2) is 21.5. The third-order valence-electron chi connectivity index (χ3n) is 10.4. The SMILES string of the molecule is COc1ccc(Nc2ccc3c(O)c(N=Nc4cc(OC)c(N=Nc5cc(OC)c(N=Nc6ccc7cc(S(=O)(=O)O)cc(OCCCS(=O)(=O)O)c7c6)cc5OC)cc4OC)c(S(=O)(=O)O)cc3c2)cc1. The summed E-state index contributed by atoms with van der Waals surface area (Å²) in [5.41, 5.74) is 1.48. The maximum absolute atomic E-state index is 12.7. The molecular formula is C46H43N7O16S3. The largest absolute Gasteiger partial charge is 0.505 e. The first-order valence-corrected chi connectivity index (χ1v) is 25.3. The van der Waals surface area contributed by atoms with E-state index in [1.165, 1.54) is 77.0 Å². The summed E-state index contributed by atoms with van der Waals surface area (Å²) in [4.78, 5) is -1.18. The predicted octanol–water partition coefficient (Wildman–Crippen LogP) is 10.9. The van der Waals surface area contributed by atoms with Gasteiger partial charge in [0, 0.05) is 52.5 Å². The first kappa shape index (κ1) is 51.8. The lowest BCUT2D eigenvalue weighted by Gasteiger charge is -2.12. The summed E-state index contributed by atoms with van der Waals surface area (Å²) in [5.74, 6) is 0.00588.